The van der Waals surface area contributed by atoms with E-state index < -0.39 is 0 Å². The summed E-state index contributed by atoms with van der Waals surface area (Å²) in [4.78, 5) is 18.8. The number of hydrogen-bond donors (Lipinski definition) is 1. The third-order valence-corrected chi connectivity index (χ3v) is 5.08. The van der Waals surface area contributed by atoms with Crippen LogP contribution < -0.4 is 10.1 Å². The molecule has 6 nitrogen and oxygen atoms in total. The molecule has 1 saturated heterocycles. The monoisotopic (exact) mass is 389 g/mol. The van der Waals surface area contributed by atoms with E-state index in [0.717, 1.165) is 11.1 Å². The number of hydrogen-bond acceptors (Lipinski definition) is 4. The van der Waals surface area contributed by atoms with Gasteiger partial charge in [0.1, 0.15) is 11.9 Å². The Hall–Kier alpha value is -2.31. The zero-order valence-corrected chi connectivity index (χ0v) is 16.4. The van der Waals surface area contributed by atoms with Gasteiger partial charge in [0, 0.05) is 23.3 Å². The number of carbonyl (C=O) groups is 1. The van der Waals surface area contributed by atoms with Crippen molar-refractivity contribution in [3.05, 3.63) is 58.9 Å². The first-order chi connectivity index (χ1) is 13.0. The molecule has 7 heteroatoms. The van der Waals surface area contributed by atoms with Crippen LogP contribution in [0.25, 0.3) is 0 Å². The molecule has 144 valence electrons. The van der Waals surface area contributed by atoms with Crippen LogP contribution in [0.15, 0.2) is 42.7 Å². The Bertz CT molecular complexity index is 802. The number of nitrogens with one attached hydrogen (secondary N) is 1. The summed E-state index contributed by atoms with van der Waals surface area (Å²) >= 11 is 6.11. The molecule has 1 aromatic carbocycles. The highest BCUT2D eigenvalue weighted by Crippen LogP contribution is 2.30. The van der Waals surface area contributed by atoms with Crippen molar-refractivity contribution in [2.24, 2.45) is 0 Å². The number of nitrogens with zero attached hydrogens (tertiary/aromatic N) is 2. The summed E-state index contributed by atoms with van der Waals surface area (Å²) in [5.41, 5.74) is 1.85. The lowest BCUT2D eigenvalue weighted by atomic mass is 10.0. The number of ether oxygens (including phenoxy) is 2. The number of rotatable bonds is 4. The summed E-state index contributed by atoms with van der Waals surface area (Å²) < 4.78 is 11.3. The fraction of sp³-hybridized carbons (Fsp3) is 0.400. The third kappa shape index (κ3) is 4.34. The molecule has 1 aliphatic rings. The molecule has 2 heterocycles. The number of carbonyl (C=O) groups excluding carboxylic acids is 1. The summed E-state index contributed by atoms with van der Waals surface area (Å²) in [7, 11) is 1.59. The first kappa shape index (κ1) is 19.5. The van der Waals surface area contributed by atoms with E-state index in [2.05, 4.69) is 10.3 Å². The smallest absolute Gasteiger partial charge is 0.318 e. The predicted octanol–water partition coefficient (Wildman–Crippen LogP) is 3.98. The van der Waals surface area contributed by atoms with Crippen LogP contribution in [0, 0.1) is 0 Å². The highest BCUT2D eigenvalue weighted by Gasteiger charge is 2.33. The molecule has 1 fully saturated rings. The molecule has 0 bridgehead atoms. The van der Waals surface area contributed by atoms with Crippen LogP contribution in [0.4, 0.5) is 4.79 Å². The largest absolute Gasteiger partial charge is 0.495 e. The first-order valence-electron chi connectivity index (χ1n) is 8.93. The van der Waals surface area contributed by atoms with E-state index >= 15 is 0 Å². The van der Waals surface area contributed by atoms with Crippen molar-refractivity contribution < 1.29 is 14.3 Å². The summed E-state index contributed by atoms with van der Waals surface area (Å²) in [6.07, 6.45) is 3.12. The molecule has 0 aliphatic carbocycles. The van der Waals surface area contributed by atoms with Crippen molar-refractivity contribution in [2.75, 3.05) is 20.3 Å². The second-order valence-electron chi connectivity index (χ2n) is 6.57. The van der Waals surface area contributed by atoms with Crippen molar-refractivity contribution in [3.63, 3.8) is 0 Å². The summed E-state index contributed by atoms with van der Waals surface area (Å²) in [5, 5.41) is 3.71. The Kier molecular flexibility index (Phi) is 6.19. The Balaban J connectivity index is 1.72. The standard InChI is InChI=1S/C20H24ClN3O3/c1-13(17-7-8-22-12-18(17)26-3)23-20(25)24-9-10-27-19(14(24)2)15-5-4-6-16(21)11-15/h4-8,11-14,19H,9-10H2,1-3H3,(H,23,25)/t13?,14-,19+/m1/s1. The minimum Gasteiger partial charge on any atom is -0.495 e. The fourth-order valence-electron chi connectivity index (χ4n) is 3.39. The van der Waals surface area contributed by atoms with Gasteiger partial charge in [-0.25, -0.2) is 4.79 Å². The van der Waals surface area contributed by atoms with Gasteiger partial charge < -0.3 is 19.7 Å². The number of morpholine rings is 1. The maximum atomic E-state index is 12.9. The summed E-state index contributed by atoms with van der Waals surface area (Å²) in [6.45, 7) is 4.92. The Morgan fingerprint density at radius 2 is 2.26 bits per heavy atom. The average molecular weight is 390 g/mol. The van der Waals surface area contributed by atoms with Crippen LogP contribution in [0.2, 0.25) is 5.02 Å². The molecular weight excluding hydrogens is 366 g/mol. The van der Waals surface area contributed by atoms with Gasteiger partial charge in [-0.3, -0.25) is 4.98 Å². The van der Waals surface area contributed by atoms with Crippen LogP contribution in [0.5, 0.6) is 5.75 Å². The van der Waals surface area contributed by atoms with E-state index in [1.807, 2.05) is 44.2 Å². The van der Waals surface area contributed by atoms with E-state index in [9.17, 15) is 4.79 Å². The fourth-order valence-corrected chi connectivity index (χ4v) is 3.59. The molecule has 1 aliphatic heterocycles. The molecule has 0 radical (unpaired) electrons. The van der Waals surface area contributed by atoms with Crippen molar-refractivity contribution in [1.82, 2.24) is 15.2 Å². The molecule has 0 spiro atoms. The van der Waals surface area contributed by atoms with Crippen LogP contribution in [-0.2, 0) is 4.74 Å². The highest BCUT2D eigenvalue weighted by molar-refractivity contribution is 6.30. The first-order valence-corrected chi connectivity index (χ1v) is 9.31. The van der Waals surface area contributed by atoms with Crippen LogP contribution >= 0.6 is 11.6 Å². The summed E-state index contributed by atoms with van der Waals surface area (Å²) in [6, 6.07) is 8.95. The van der Waals surface area contributed by atoms with Crippen LogP contribution in [0.1, 0.15) is 37.1 Å². The highest BCUT2D eigenvalue weighted by atomic mass is 35.5. The van der Waals surface area contributed by atoms with E-state index in [-0.39, 0.29) is 24.2 Å². The van der Waals surface area contributed by atoms with Gasteiger partial charge in [0.15, 0.2) is 0 Å². The lowest BCUT2D eigenvalue weighted by Gasteiger charge is -2.40. The number of pyridine rings is 1. The number of benzene rings is 1. The summed E-state index contributed by atoms with van der Waals surface area (Å²) in [5.74, 6) is 0.650. The van der Waals surface area contributed by atoms with Gasteiger partial charge in [0.05, 0.1) is 32.0 Å². The second kappa shape index (κ2) is 8.59. The van der Waals surface area contributed by atoms with E-state index in [4.69, 9.17) is 21.1 Å². The minimum absolute atomic E-state index is 0.122. The lowest BCUT2D eigenvalue weighted by molar-refractivity contribution is -0.0500. The Morgan fingerprint density at radius 3 is 3.00 bits per heavy atom. The Labute approximate surface area is 164 Å². The van der Waals surface area contributed by atoms with Crippen molar-refractivity contribution in [2.45, 2.75) is 32.0 Å². The number of halogens is 1. The lowest BCUT2D eigenvalue weighted by Crippen LogP contribution is -2.52. The molecule has 2 amide bonds. The molecule has 27 heavy (non-hydrogen) atoms. The van der Waals surface area contributed by atoms with E-state index in [1.165, 1.54) is 0 Å². The van der Waals surface area contributed by atoms with Gasteiger partial charge >= 0.3 is 6.03 Å². The molecule has 1 unspecified atom stereocenters. The van der Waals surface area contributed by atoms with Crippen LogP contribution in [-0.4, -0.2) is 42.2 Å². The van der Waals surface area contributed by atoms with E-state index in [0.29, 0.717) is 23.9 Å². The zero-order chi connectivity index (χ0) is 19.4. The predicted molar refractivity (Wildman–Crippen MR) is 104 cm³/mol. The molecule has 2 aromatic rings. The molecule has 0 saturated carbocycles. The molecular formula is C20H24ClN3O3. The van der Waals surface area contributed by atoms with Gasteiger partial charge in [-0.2, -0.15) is 0 Å². The maximum Gasteiger partial charge on any atom is 0.318 e. The Morgan fingerprint density at radius 1 is 1.44 bits per heavy atom. The SMILES string of the molecule is COc1cnccc1C(C)NC(=O)N1CCO[C@H](c2cccc(Cl)c2)[C@H]1C. The molecule has 1 aromatic heterocycles. The normalized spacial score (nSPS) is 20.8. The van der Waals surface area contributed by atoms with Crippen molar-refractivity contribution >= 4 is 17.6 Å². The topological polar surface area (TPSA) is 63.7 Å². The second-order valence-corrected chi connectivity index (χ2v) is 7.01. The zero-order valence-electron chi connectivity index (χ0n) is 15.7. The number of urea groups is 1. The third-order valence-electron chi connectivity index (χ3n) is 4.84. The number of aromatic nitrogens is 1. The number of methoxy groups -OCH3 is 1. The quantitative estimate of drug-likeness (QED) is 0.859. The molecule has 3 rings (SSSR count). The van der Waals surface area contributed by atoms with Crippen molar-refractivity contribution in [3.8, 4) is 5.75 Å². The van der Waals surface area contributed by atoms with Gasteiger partial charge in [-0.05, 0) is 37.6 Å². The molecule has 3 atom stereocenters. The maximum absolute atomic E-state index is 12.9. The van der Waals surface area contributed by atoms with Gasteiger partial charge in [0.25, 0.3) is 0 Å². The minimum atomic E-state index is -0.214. The van der Waals surface area contributed by atoms with E-state index in [1.54, 1.807) is 24.4 Å². The van der Waals surface area contributed by atoms with Gasteiger partial charge in [0.2, 0.25) is 0 Å². The average Bonchev–Trinajstić information content (AvgIpc) is 2.68. The van der Waals surface area contributed by atoms with Crippen LogP contribution in [0.3, 0.4) is 0 Å². The molecule has 1 N–H and O–H groups in total. The van der Waals surface area contributed by atoms with Crippen molar-refractivity contribution in [1.29, 1.82) is 0 Å². The number of amides is 2. The van der Waals surface area contributed by atoms with Gasteiger partial charge in [-0.1, -0.05) is 23.7 Å². The van der Waals surface area contributed by atoms with Gasteiger partial charge in [-0.15, -0.1) is 0 Å².